The lowest BCUT2D eigenvalue weighted by molar-refractivity contribution is -0.130. The van der Waals surface area contributed by atoms with Gasteiger partial charge in [-0.05, 0) is 30.8 Å². The van der Waals surface area contributed by atoms with Crippen LogP contribution in [0, 0.1) is 5.92 Å². The summed E-state index contributed by atoms with van der Waals surface area (Å²) < 4.78 is 0. The summed E-state index contributed by atoms with van der Waals surface area (Å²) in [6.07, 6.45) is 3.08. The van der Waals surface area contributed by atoms with Crippen molar-refractivity contribution < 1.29 is 9.59 Å². The van der Waals surface area contributed by atoms with Crippen molar-refractivity contribution >= 4 is 36.0 Å². The third-order valence-electron chi connectivity index (χ3n) is 2.34. The van der Waals surface area contributed by atoms with Crippen molar-refractivity contribution in [2.45, 2.75) is 38.8 Å². The summed E-state index contributed by atoms with van der Waals surface area (Å²) in [4.78, 5) is 23.0. The van der Waals surface area contributed by atoms with Gasteiger partial charge in [0.15, 0.2) is 0 Å². The van der Waals surface area contributed by atoms with E-state index in [1.54, 1.807) is 11.8 Å². The summed E-state index contributed by atoms with van der Waals surface area (Å²) in [5.74, 6) is 0.337. The fourth-order valence-corrected chi connectivity index (χ4v) is 1.79. The number of halogens is 1. The molecular formula is C11H25ClN4O2S. The molecule has 0 fully saturated rings. The molecule has 0 saturated heterocycles. The Hall–Kier alpha value is -0.500. The van der Waals surface area contributed by atoms with Gasteiger partial charge in [-0.3, -0.25) is 20.4 Å². The maximum Gasteiger partial charge on any atom is 0.255 e. The second-order valence-corrected chi connectivity index (χ2v) is 5.59. The summed E-state index contributed by atoms with van der Waals surface area (Å²) >= 11 is 1.62. The lowest BCUT2D eigenvalue weighted by atomic mass is 10.0. The average molecular weight is 313 g/mol. The van der Waals surface area contributed by atoms with Gasteiger partial charge >= 0.3 is 0 Å². The standard InChI is InChI=1S/C11H24N4O2S.ClH/c1-7(2)6-9(13)11(17)15-14-10(16)8(12)4-5-18-3;/h7-9H,4-6,12-13H2,1-3H3,(H,14,16)(H,15,17);1H. The molecule has 0 rings (SSSR count). The van der Waals surface area contributed by atoms with Crippen molar-refractivity contribution in [3.63, 3.8) is 0 Å². The van der Waals surface area contributed by atoms with Gasteiger partial charge in [0.05, 0.1) is 12.1 Å². The molecule has 0 aliphatic rings. The molecule has 19 heavy (non-hydrogen) atoms. The maximum atomic E-state index is 11.5. The minimum atomic E-state index is -0.618. The monoisotopic (exact) mass is 312 g/mol. The molecule has 6 nitrogen and oxygen atoms in total. The number of amides is 2. The predicted octanol–water partition coefficient (Wildman–Crippen LogP) is 0.00940. The van der Waals surface area contributed by atoms with E-state index in [4.69, 9.17) is 11.5 Å². The largest absolute Gasteiger partial charge is 0.320 e. The Morgan fingerprint density at radius 2 is 1.58 bits per heavy atom. The molecule has 2 atom stereocenters. The number of nitrogens with two attached hydrogens (primary N) is 2. The Balaban J connectivity index is 0. The summed E-state index contributed by atoms with van der Waals surface area (Å²) in [5, 5.41) is 0. The van der Waals surface area contributed by atoms with Crippen LogP contribution in [0.2, 0.25) is 0 Å². The zero-order valence-electron chi connectivity index (χ0n) is 11.6. The number of rotatable bonds is 7. The predicted molar refractivity (Wildman–Crippen MR) is 81.9 cm³/mol. The first-order valence-corrected chi connectivity index (χ1v) is 7.37. The van der Waals surface area contributed by atoms with Crippen molar-refractivity contribution in [1.82, 2.24) is 10.9 Å². The number of hydrazine groups is 1. The van der Waals surface area contributed by atoms with Gasteiger partial charge < -0.3 is 11.5 Å². The van der Waals surface area contributed by atoms with E-state index in [0.717, 1.165) is 5.75 Å². The van der Waals surface area contributed by atoms with Crippen LogP contribution in [0.25, 0.3) is 0 Å². The third-order valence-corrected chi connectivity index (χ3v) is 2.98. The van der Waals surface area contributed by atoms with Crippen LogP contribution >= 0.6 is 24.2 Å². The first-order valence-electron chi connectivity index (χ1n) is 5.98. The highest BCUT2D eigenvalue weighted by atomic mass is 35.5. The highest BCUT2D eigenvalue weighted by Gasteiger charge is 2.17. The summed E-state index contributed by atoms with van der Waals surface area (Å²) in [7, 11) is 0. The smallest absolute Gasteiger partial charge is 0.255 e. The van der Waals surface area contributed by atoms with Gasteiger partial charge in [-0.15, -0.1) is 12.4 Å². The van der Waals surface area contributed by atoms with Gasteiger partial charge in [0, 0.05) is 0 Å². The molecule has 6 N–H and O–H groups in total. The Labute approximate surface area is 125 Å². The summed E-state index contributed by atoms with van der Waals surface area (Å²) in [6.45, 7) is 3.95. The van der Waals surface area contributed by atoms with E-state index >= 15 is 0 Å². The van der Waals surface area contributed by atoms with E-state index in [1.807, 2.05) is 20.1 Å². The van der Waals surface area contributed by atoms with E-state index in [1.165, 1.54) is 0 Å². The minimum absolute atomic E-state index is 0. The molecule has 0 radical (unpaired) electrons. The zero-order chi connectivity index (χ0) is 14.1. The molecule has 0 aromatic rings. The topological polar surface area (TPSA) is 110 Å². The molecule has 0 aliphatic carbocycles. The van der Waals surface area contributed by atoms with Gasteiger partial charge in [-0.2, -0.15) is 11.8 Å². The Morgan fingerprint density at radius 3 is 2.00 bits per heavy atom. The molecule has 0 heterocycles. The lowest BCUT2D eigenvalue weighted by Gasteiger charge is -2.16. The Kier molecular flexibility index (Phi) is 12.4. The number of hydrogen-bond donors (Lipinski definition) is 4. The molecule has 0 aliphatic heterocycles. The van der Waals surface area contributed by atoms with E-state index in [2.05, 4.69) is 10.9 Å². The van der Waals surface area contributed by atoms with Gasteiger partial charge in [-0.1, -0.05) is 13.8 Å². The number of carbonyl (C=O) groups excluding carboxylic acids is 2. The van der Waals surface area contributed by atoms with E-state index < -0.39 is 23.9 Å². The lowest BCUT2D eigenvalue weighted by Crippen LogP contribution is -2.53. The van der Waals surface area contributed by atoms with Gasteiger partial charge in [0.1, 0.15) is 0 Å². The number of hydrogen-bond acceptors (Lipinski definition) is 5. The van der Waals surface area contributed by atoms with Crippen molar-refractivity contribution in [1.29, 1.82) is 0 Å². The summed E-state index contributed by atoms with van der Waals surface area (Å²) in [5.41, 5.74) is 15.9. The molecule has 0 saturated carbocycles. The molecule has 8 heteroatoms. The molecule has 114 valence electrons. The van der Waals surface area contributed by atoms with Crippen LogP contribution in [0.3, 0.4) is 0 Å². The van der Waals surface area contributed by atoms with Crippen LogP contribution in [0.4, 0.5) is 0 Å². The molecule has 0 aromatic heterocycles. The summed E-state index contributed by atoms with van der Waals surface area (Å²) in [6, 6.07) is -1.23. The average Bonchev–Trinajstić information content (AvgIpc) is 2.31. The van der Waals surface area contributed by atoms with Gasteiger partial charge in [0.2, 0.25) is 0 Å². The van der Waals surface area contributed by atoms with Crippen molar-refractivity contribution in [2.24, 2.45) is 17.4 Å². The highest BCUT2D eigenvalue weighted by Crippen LogP contribution is 2.02. The second-order valence-electron chi connectivity index (χ2n) is 4.60. The first-order chi connectivity index (χ1) is 8.38. The molecule has 2 unspecified atom stereocenters. The Morgan fingerprint density at radius 1 is 1.11 bits per heavy atom. The van der Waals surface area contributed by atoms with Gasteiger partial charge in [0.25, 0.3) is 11.8 Å². The SMILES string of the molecule is CSCCC(N)C(=O)NNC(=O)C(N)CC(C)C.Cl. The highest BCUT2D eigenvalue weighted by molar-refractivity contribution is 7.98. The van der Waals surface area contributed by atoms with Crippen LogP contribution in [-0.2, 0) is 9.59 Å². The van der Waals surface area contributed by atoms with E-state index in [-0.39, 0.29) is 12.4 Å². The van der Waals surface area contributed by atoms with Crippen molar-refractivity contribution in [3.05, 3.63) is 0 Å². The van der Waals surface area contributed by atoms with E-state index in [9.17, 15) is 9.59 Å². The fraction of sp³-hybridized carbons (Fsp3) is 0.818. The normalized spacial score (nSPS) is 13.4. The quantitative estimate of drug-likeness (QED) is 0.495. The Bertz CT molecular complexity index is 279. The van der Waals surface area contributed by atoms with Crippen molar-refractivity contribution in [3.8, 4) is 0 Å². The zero-order valence-corrected chi connectivity index (χ0v) is 13.3. The second kappa shape index (κ2) is 11.3. The molecular weight excluding hydrogens is 288 g/mol. The van der Waals surface area contributed by atoms with Crippen LogP contribution in [0.5, 0.6) is 0 Å². The third kappa shape index (κ3) is 10.0. The van der Waals surface area contributed by atoms with Crippen molar-refractivity contribution in [2.75, 3.05) is 12.0 Å². The number of nitrogens with one attached hydrogen (secondary N) is 2. The van der Waals surface area contributed by atoms with Crippen LogP contribution < -0.4 is 22.3 Å². The van der Waals surface area contributed by atoms with Crippen LogP contribution in [0.15, 0.2) is 0 Å². The molecule has 0 bridgehead atoms. The van der Waals surface area contributed by atoms with Crippen LogP contribution in [0.1, 0.15) is 26.7 Å². The molecule has 0 aromatic carbocycles. The first kappa shape index (κ1) is 20.8. The van der Waals surface area contributed by atoms with Gasteiger partial charge in [-0.25, -0.2) is 0 Å². The number of thioether (sulfide) groups is 1. The molecule has 2 amide bonds. The number of carbonyl (C=O) groups is 2. The fourth-order valence-electron chi connectivity index (χ4n) is 1.30. The minimum Gasteiger partial charge on any atom is -0.320 e. The van der Waals surface area contributed by atoms with E-state index in [0.29, 0.717) is 18.8 Å². The van der Waals surface area contributed by atoms with Crippen LogP contribution in [-0.4, -0.2) is 35.9 Å². The maximum absolute atomic E-state index is 11.5. The molecule has 0 spiro atoms.